The first-order valence-electron chi connectivity index (χ1n) is 5.50. The fourth-order valence-corrected chi connectivity index (χ4v) is 1.57. The molecule has 92 valence electrons. The number of aliphatic imine (C=N–C) groups is 1. The van der Waals surface area contributed by atoms with Gasteiger partial charge in [0, 0.05) is 24.2 Å². The zero-order chi connectivity index (χ0) is 12.8. The van der Waals surface area contributed by atoms with E-state index in [-0.39, 0.29) is 0 Å². The molecule has 2 rings (SSSR count). The van der Waals surface area contributed by atoms with Crippen molar-refractivity contribution in [3.8, 4) is 11.5 Å². The van der Waals surface area contributed by atoms with Gasteiger partial charge in [0.1, 0.15) is 5.69 Å². The Morgan fingerprint density at radius 1 is 1.11 bits per heavy atom. The molecular weight excluding hydrogens is 228 g/mol. The number of benzene rings is 1. The predicted octanol–water partition coefficient (Wildman–Crippen LogP) is 2.85. The highest BCUT2D eigenvalue weighted by Crippen LogP contribution is 2.36. The molecule has 0 bridgehead atoms. The van der Waals surface area contributed by atoms with Crippen LogP contribution in [-0.2, 0) is 0 Å². The standard InChI is InChI=1S/C14H14N2O2/c1-17-13-7-3-6-12(14(13)18-2)16-10-11-5-4-8-15-9-11/h3-10H,1-2H3. The van der Waals surface area contributed by atoms with Gasteiger partial charge in [-0.05, 0) is 18.2 Å². The molecule has 0 saturated carbocycles. The third kappa shape index (κ3) is 2.66. The van der Waals surface area contributed by atoms with Crippen molar-refractivity contribution in [3.63, 3.8) is 0 Å². The van der Waals surface area contributed by atoms with Crippen LogP contribution < -0.4 is 9.47 Å². The number of methoxy groups -OCH3 is 2. The lowest BCUT2D eigenvalue weighted by molar-refractivity contribution is 0.356. The van der Waals surface area contributed by atoms with Crippen LogP contribution in [0.2, 0.25) is 0 Å². The summed E-state index contributed by atoms with van der Waals surface area (Å²) in [5, 5.41) is 0. The molecule has 0 aliphatic carbocycles. The van der Waals surface area contributed by atoms with Crippen LogP contribution in [0.4, 0.5) is 5.69 Å². The quantitative estimate of drug-likeness (QED) is 0.774. The van der Waals surface area contributed by atoms with E-state index in [0.29, 0.717) is 11.5 Å². The van der Waals surface area contributed by atoms with E-state index in [2.05, 4.69) is 9.98 Å². The molecule has 0 aliphatic heterocycles. The van der Waals surface area contributed by atoms with E-state index in [1.165, 1.54) is 0 Å². The van der Waals surface area contributed by atoms with Crippen LogP contribution in [0.1, 0.15) is 5.56 Å². The highest BCUT2D eigenvalue weighted by molar-refractivity contribution is 5.82. The smallest absolute Gasteiger partial charge is 0.186 e. The molecule has 0 amide bonds. The van der Waals surface area contributed by atoms with Crippen molar-refractivity contribution in [1.29, 1.82) is 0 Å². The van der Waals surface area contributed by atoms with Crippen LogP contribution in [0.3, 0.4) is 0 Å². The number of aromatic nitrogens is 1. The molecular formula is C14H14N2O2. The maximum Gasteiger partial charge on any atom is 0.186 e. The second-order valence-corrected chi connectivity index (χ2v) is 3.56. The van der Waals surface area contributed by atoms with Gasteiger partial charge in [-0.3, -0.25) is 9.98 Å². The second-order valence-electron chi connectivity index (χ2n) is 3.56. The van der Waals surface area contributed by atoms with Crippen molar-refractivity contribution >= 4 is 11.9 Å². The predicted molar refractivity (Wildman–Crippen MR) is 71.0 cm³/mol. The van der Waals surface area contributed by atoms with Crippen molar-refractivity contribution in [2.24, 2.45) is 4.99 Å². The highest BCUT2D eigenvalue weighted by Gasteiger charge is 2.07. The third-order valence-corrected chi connectivity index (χ3v) is 2.42. The van der Waals surface area contributed by atoms with Crippen LogP contribution in [0.15, 0.2) is 47.7 Å². The second kappa shape index (κ2) is 5.82. The molecule has 0 aliphatic rings. The van der Waals surface area contributed by atoms with Crippen molar-refractivity contribution in [3.05, 3.63) is 48.3 Å². The number of rotatable bonds is 4. The lowest BCUT2D eigenvalue weighted by atomic mass is 10.2. The van der Waals surface area contributed by atoms with Crippen LogP contribution in [-0.4, -0.2) is 25.4 Å². The summed E-state index contributed by atoms with van der Waals surface area (Å²) in [4.78, 5) is 8.41. The van der Waals surface area contributed by atoms with Gasteiger partial charge < -0.3 is 9.47 Å². The van der Waals surface area contributed by atoms with Gasteiger partial charge in [-0.15, -0.1) is 0 Å². The Labute approximate surface area is 106 Å². The normalized spacial score (nSPS) is 10.6. The maximum absolute atomic E-state index is 5.30. The van der Waals surface area contributed by atoms with Gasteiger partial charge in [-0.2, -0.15) is 0 Å². The summed E-state index contributed by atoms with van der Waals surface area (Å²) in [6.07, 6.45) is 5.21. The maximum atomic E-state index is 5.30. The Morgan fingerprint density at radius 2 is 2.00 bits per heavy atom. The summed E-state index contributed by atoms with van der Waals surface area (Å²) in [5.74, 6) is 1.29. The molecule has 0 atom stereocenters. The highest BCUT2D eigenvalue weighted by atomic mass is 16.5. The van der Waals surface area contributed by atoms with E-state index in [9.17, 15) is 0 Å². The van der Waals surface area contributed by atoms with E-state index in [0.717, 1.165) is 11.3 Å². The van der Waals surface area contributed by atoms with E-state index in [1.807, 2.05) is 30.3 Å². The summed E-state index contributed by atoms with van der Waals surface area (Å²) in [7, 11) is 3.20. The van der Waals surface area contributed by atoms with Gasteiger partial charge in [0.25, 0.3) is 0 Å². The molecule has 4 nitrogen and oxygen atoms in total. The molecule has 2 aromatic rings. The first kappa shape index (κ1) is 12.1. The minimum atomic E-state index is 0.625. The average molecular weight is 242 g/mol. The molecule has 0 radical (unpaired) electrons. The van der Waals surface area contributed by atoms with E-state index < -0.39 is 0 Å². The lowest BCUT2D eigenvalue weighted by Gasteiger charge is -2.09. The Bertz CT molecular complexity index is 539. The number of hydrogen-bond donors (Lipinski definition) is 0. The SMILES string of the molecule is COc1cccc(N=Cc2cccnc2)c1OC. The Balaban J connectivity index is 2.32. The lowest BCUT2D eigenvalue weighted by Crippen LogP contribution is -1.90. The molecule has 0 spiro atoms. The monoisotopic (exact) mass is 242 g/mol. The molecule has 1 aromatic heterocycles. The number of para-hydroxylation sites is 1. The molecule has 0 N–H and O–H groups in total. The van der Waals surface area contributed by atoms with Crippen molar-refractivity contribution in [1.82, 2.24) is 4.98 Å². The average Bonchev–Trinajstić information content (AvgIpc) is 2.45. The van der Waals surface area contributed by atoms with Gasteiger partial charge in [0.05, 0.1) is 14.2 Å². The van der Waals surface area contributed by atoms with Crippen LogP contribution in [0, 0.1) is 0 Å². The largest absolute Gasteiger partial charge is 0.493 e. The Hall–Kier alpha value is -2.36. The van der Waals surface area contributed by atoms with Crippen LogP contribution in [0.5, 0.6) is 11.5 Å². The zero-order valence-electron chi connectivity index (χ0n) is 10.3. The molecule has 0 fully saturated rings. The number of ether oxygens (including phenoxy) is 2. The van der Waals surface area contributed by atoms with Gasteiger partial charge in [-0.1, -0.05) is 12.1 Å². The number of pyridine rings is 1. The molecule has 1 aromatic carbocycles. The van der Waals surface area contributed by atoms with Crippen molar-refractivity contribution in [2.75, 3.05) is 14.2 Å². The van der Waals surface area contributed by atoms with Gasteiger partial charge >= 0.3 is 0 Å². The number of hydrogen-bond acceptors (Lipinski definition) is 4. The fourth-order valence-electron chi connectivity index (χ4n) is 1.57. The fraction of sp³-hybridized carbons (Fsp3) is 0.143. The summed E-state index contributed by atoms with van der Waals surface area (Å²) in [6, 6.07) is 9.38. The van der Waals surface area contributed by atoms with E-state index >= 15 is 0 Å². The minimum Gasteiger partial charge on any atom is -0.493 e. The molecule has 18 heavy (non-hydrogen) atoms. The topological polar surface area (TPSA) is 43.7 Å². The molecule has 0 unspecified atom stereocenters. The van der Waals surface area contributed by atoms with Crippen LogP contribution in [0.25, 0.3) is 0 Å². The summed E-state index contributed by atoms with van der Waals surface area (Å²) >= 11 is 0. The summed E-state index contributed by atoms with van der Waals surface area (Å²) in [5.41, 5.74) is 1.66. The molecule has 0 saturated heterocycles. The first-order chi connectivity index (χ1) is 8.85. The van der Waals surface area contributed by atoms with E-state index in [1.54, 1.807) is 32.8 Å². The molecule has 1 heterocycles. The summed E-state index contributed by atoms with van der Waals surface area (Å²) < 4.78 is 10.5. The Kier molecular flexibility index (Phi) is 3.91. The van der Waals surface area contributed by atoms with Gasteiger partial charge in [0.15, 0.2) is 11.5 Å². The Morgan fingerprint density at radius 3 is 2.67 bits per heavy atom. The number of nitrogens with zero attached hydrogens (tertiary/aromatic N) is 2. The minimum absolute atomic E-state index is 0.625. The third-order valence-electron chi connectivity index (χ3n) is 2.42. The van der Waals surface area contributed by atoms with E-state index in [4.69, 9.17) is 9.47 Å². The van der Waals surface area contributed by atoms with Crippen molar-refractivity contribution in [2.45, 2.75) is 0 Å². The van der Waals surface area contributed by atoms with Gasteiger partial charge in [0.2, 0.25) is 0 Å². The first-order valence-corrected chi connectivity index (χ1v) is 5.50. The van der Waals surface area contributed by atoms with Crippen molar-refractivity contribution < 1.29 is 9.47 Å². The zero-order valence-corrected chi connectivity index (χ0v) is 10.3. The molecule has 4 heteroatoms. The summed E-state index contributed by atoms with van der Waals surface area (Å²) in [6.45, 7) is 0. The van der Waals surface area contributed by atoms with Gasteiger partial charge in [-0.25, -0.2) is 0 Å². The van der Waals surface area contributed by atoms with Crippen LogP contribution >= 0.6 is 0 Å².